The molecule has 0 amide bonds. The fourth-order valence-electron chi connectivity index (χ4n) is 5.82. The molecular formula is C33H35N3O. The van der Waals surface area contributed by atoms with E-state index in [0.717, 1.165) is 55.7 Å². The lowest BCUT2D eigenvalue weighted by Gasteiger charge is -2.22. The van der Waals surface area contributed by atoms with Gasteiger partial charge in [0.1, 0.15) is 0 Å². The van der Waals surface area contributed by atoms with Crippen molar-refractivity contribution >= 4 is 16.6 Å². The first-order valence-electron chi connectivity index (χ1n) is 12.9. The van der Waals surface area contributed by atoms with Crippen LogP contribution >= 0.6 is 0 Å². The van der Waals surface area contributed by atoms with Crippen LogP contribution in [0.15, 0.2) is 53.5 Å². The third kappa shape index (κ3) is 4.15. The number of benzene rings is 2. The molecule has 0 saturated carbocycles. The Balaban J connectivity index is 1.99. The molecule has 0 saturated heterocycles. The summed E-state index contributed by atoms with van der Waals surface area (Å²) >= 11 is 0. The summed E-state index contributed by atoms with van der Waals surface area (Å²) in [5.74, 6) is 0. The van der Waals surface area contributed by atoms with E-state index in [1.54, 1.807) is 0 Å². The highest BCUT2D eigenvalue weighted by atomic mass is 16.1. The minimum absolute atomic E-state index is 0.0704. The molecule has 5 rings (SSSR count). The number of hydrogen-bond donors (Lipinski definition) is 0. The molecule has 4 heteroatoms. The summed E-state index contributed by atoms with van der Waals surface area (Å²) in [7, 11) is 0. The van der Waals surface area contributed by atoms with Gasteiger partial charge in [-0.3, -0.25) is 14.2 Å². The Morgan fingerprint density at radius 3 is 1.76 bits per heavy atom. The molecule has 0 aliphatic carbocycles. The second-order valence-electron chi connectivity index (χ2n) is 11.6. The molecule has 3 heterocycles. The van der Waals surface area contributed by atoms with Crippen molar-refractivity contribution in [2.75, 3.05) is 0 Å². The molecule has 3 aromatic heterocycles. The number of rotatable bonds is 2. The molecule has 0 aliphatic heterocycles. The van der Waals surface area contributed by atoms with Crippen LogP contribution in [0.5, 0.6) is 0 Å². The van der Waals surface area contributed by atoms with Crippen LogP contribution in [0.1, 0.15) is 59.8 Å². The van der Waals surface area contributed by atoms with E-state index in [-0.39, 0.29) is 11.0 Å². The van der Waals surface area contributed by atoms with Gasteiger partial charge in [0.15, 0.2) is 5.65 Å². The van der Waals surface area contributed by atoms with Gasteiger partial charge in [-0.15, -0.1) is 0 Å². The zero-order valence-electron chi connectivity index (χ0n) is 23.4. The van der Waals surface area contributed by atoms with Crippen LogP contribution < -0.4 is 5.56 Å². The molecule has 0 aliphatic rings. The molecule has 0 N–H and O–H groups in total. The van der Waals surface area contributed by atoms with Gasteiger partial charge in [-0.1, -0.05) is 56.2 Å². The van der Waals surface area contributed by atoms with E-state index in [1.807, 2.05) is 12.3 Å². The highest BCUT2D eigenvalue weighted by Gasteiger charge is 2.24. The average molecular weight is 490 g/mol. The van der Waals surface area contributed by atoms with E-state index >= 15 is 0 Å². The van der Waals surface area contributed by atoms with E-state index in [4.69, 9.17) is 9.97 Å². The topological polar surface area (TPSA) is 47.3 Å². The maximum Gasteiger partial charge on any atom is 0.281 e. The standard InChI is InChI=1S/C33H35N3O/c1-18-14-20(3)27(21(4)15-18)29-30(28-22(5)16-19(2)17-23(28)6)36-13-12-25-24(31(36)35-32(29)37)10-11-26(34-25)33(7,8)9/h10-17H,1-9H3. The van der Waals surface area contributed by atoms with Gasteiger partial charge in [0.2, 0.25) is 0 Å². The van der Waals surface area contributed by atoms with Crippen LogP contribution in [0.2, 0.25) is 0 Å². The summed E-state index contributed by atoms with van der Waals surface area (Å²) < 4.78 is 2.10. The van der Waals surface area contributed by atoms with E-state index in [0.29, 0.717) is 11.2 Å². The lowest BCUT2D eigenvalue weighted by molar-refractivity contribution is 0.571. The van der Waals surface area contributed by atoms with Gasteiger partial charge in [-0.05, 0) is 87.6 Å². The van der Waals surface area contributed by atoms with E-state index in [1.165, 1.54) is 11.1 Å². The maximum absolute atomic E-state index is 14.0. The summed E-state index contributed by atoms with van der Waals surface area (Å²) in [5.41, 5.74) is 12.6. The van der Waals surface area contributed by atoms with Crippen molar-refractivity contribution in [3.63, 3.8) is 0 Å². The van der Waals surface area contributed by atoms with Crippen LogP contribution in [0.3, 0.4) is 0 Å². The Morgan fingerprint density at radius 2 is 1.22 bits per heavy atom. The van der Waals surface area contributed by atoms with Crippen LogP contribution in [0, 0.1) is 41.5 Å². The SMILES string of the molecule is Cc1cc(C)c(-c2c(-c3c(C)cc(C)cc3C)n3ccc4nc(C(C)(C)C)ccc4c3nc2=O)c(C)c1. The lowest BCUT2D eigenvalue weighted by Crippen LogP contribution is -2.18. The Hall–Kier alpha value is -3.79. The third-order valence-corrected chi connectivity index (χ3v) is 7.28. The largest absolute Gasteiger partial charge is 0.300 e. The highest BCUT2D eigenvalue weighted by molar-refractivity contribution is 5.95. The van der Waals surface area contributed by atoms with Gasteiger partial charge in [0.25, 0.3) is 5.56 Å². The molecule has 37 heavy (non-hydrogen) atoms. The minimum atomic E-state index is -0.211. The Bertz CT molecular complexity index is 1740. The molecule has 0 radical (unpaired) electrons. The number of aromatic nitrogens is 3. The third-order valence-electron chi connectivity index (χ3n) is 7.28. The molecule has 188 valence electrons. The number of aryl methyl sites for hydroxylation is 6. The predicted molar refractivity (Wildman–Crippen MR) is 155 cm³/mol. The van der Waals surface area contributed by atoms with E-state index in [2.05, 4.69) is 103 Å². The molecule has 5 aromatic rings. The van der Waals surface area contributed by atoms with Crippen molar-refractivity contribution < 1.29 is 0 Å². The van der Waals surface area contributed by atoms with E-state index in [9.17, 15) is 4.79 Å². The van der Waals surface area contributed by atoms with Gasteiger partial charge < -0.3 is 0 Å². The number of fused-ring (bicyclic) bond motifs is 3. The number of hydrogen-bond acceptors (Lipinski definition) is 3. The summed E-state index contributed by atoms with van der Waals surface area (Å²) in [6.07, 6.45) is 2.03. The van der Waals surface area contributed by atoms with Gasteiger partial charge in [0, 0.05) is 28.3 Å². The second kappa shape index (κ2) is 8.65. The smallest absolute Gasteiger partial charge is 0.281 e. The van der Waals surface area contributed by atoms with Gasteiger partial charge in [0.05, 0.1) is 16.8 Å². The fraction of sp³-hybridized carbons (Fsp3) is 0.303. The summed E-state index contributed by atoms with van der Waals surface area (Å²) in [6, 6.07) is 14.8. The van der Waals surface area contributed by atoms with Crippen molar-refractivity contribution in [2.24, 2.45) is 0 Å². The second-order valence-corrected chi connectivity index (χ2v) is 11.6. The Kier molecular flexibility index (Phi) is 5.82. The maximum atomic E-state index is 14.0. The first-order valence-corrected chi connectivity index (χ1v) is 12.9. The van der Waals surface area contributed by atoms with Crippen molar-refractivity contribution in [3.05, 3.63) is 98.1 Å². The molecule has 0 atom stereocenters. The number of pyridine rings is 2. The van der Waals surface area contributed by atoms with Gasteiger partial charge in [-0.25, -0.2) is 0 Å². The monoisotopic (exact) mass is 489 g/mol. The van der Waals surface area contributed by atoms with Crippen molar-refractivity contribution in [3.8, 4) is 22.4 Å². The zero-order chi connectivity index (χ0) is 26.8. The average Bonchev–Trinajstić information content (AvgIpc) is 2.78. The lowest BCUT2D eigenvalue weighted by atomic mass is 9.88. The quantitative estimate of drug-likeness (QED) is 0.238. The summed E-state index contributed by atoms with van der Waals surface area (Å²) in [5, 5.41) is 0.875. The molecule has 2 aromatic carbocycles. The van der Waals surface area contributed by atoms with Crippen molar-refractivity contribution in [1.29, 1.82) is 0 Å². The highest BCUT2D eigenvalue weighted by Crippen LogP contribution is 2.38. The van der Waals surface area contributed by atoms with Gasteiger partial charge in [-0.2, -0.15) is 4.98 Å². The van der Waals surface area contributed by atoms with Crippen LogP contribution in [-0.2, 0) is 5.41 Å². The molecule has 0 spiro atoms. The zero-order valence-corrected chi connectivity index (χ0v) is 23.4. The van der Waals surface area contributed by atoms with Crippen molar-refractivity contribution in [2.45, 2.75) is 67.7 Å². The van der Waals surface area contributed by atoms with Gasteiger partial charge >= 0.3 is 0 Å². The molecular weight excluding hydrogens is 454 g/mol. The van der Waals surface area contributed by atoms with Crippen LogP contribution in [-0.4, -0.2) is 14.4 Å². The number of nitrogens with zero attached hydrogens (tertiary/aromatic N) is 3. The first kappa shape index (κ1) is 24.9. The summed E-state index contributed by atoms with van der Waals surface area (Å²) in [6.45, 7) is 19.1. The normalized spacial score (nSPS) is 12.0. The molecule has 4 nitrogen and oxygen atoms in total. The first-order chi connectivity index (χ1) is 17.4. The molecule has 0 unspecified atom stereocenters. The van der Waals surface area contributed by atoms with E-state index < -0.39 is 0 Å². The predicted octanol–water partition coefficient (Wildman–Crippen LogP) is 7.72. The molecule has 0 fully saturated rings. The van der Waals surface area contributed by atoms with Crippen LogP contribution in [0.4, 0.5) is 0 Å². The summed E-state index contributed by atoms with van der Waals surface area (Å²) in [4.78, 5) is 23.7. The minimum Gasteiger partial charge on any atom is -0.300 e. The van der Waals surface area contributed by atoms with Crippen LogP contribution in [0.25, 0.3) is 38.9 Å². The Labute approximate surface area is 219 Å². The van der Waals surface area contributed by atoms with Crippen molar-refractivity contribution in [1.82, 2.24) is 14.4 Å². The molecule has 0 bridgehead atoms. The fourth-order valence-corrected chi connectivity index (χ4v) is 5.82. The Morgan fingerprint density at radius 1 is 0.676 bits per heavy atom.